The van der Waals surface area contributed by atoms with Crippen LogP contribution in [0.3, 0.4) is 0 Å². The van der Waals surface area contributed by atoms with Crippen molar-refractivity contribution in [3.05, 3.63) is 30.1 Å². The van der Waals surface area contributed by atoms with Crippen LogP contribution in [0.5, 0.6) is 5.75 Å². The van der Waals surface area contributed by atoms with Gasteiger partial charge >= 0.3 is 0 Å². The van der Waals surface area contributed by atoms with Gasteiger partial charge in [-0.1, -0.05) is 6.07 Å². The average molecular weight is 296 g/mol. The van der Waals surface area contributed by atoms with Crippen molar-refractivity contribution < 1.29 is 18.7 Å². The highest BCUT2D eigenvalue weighted by Gasteiger charge is 2.17. The lowest BCUT2D eigenvalue weighted by Gasteiger charge is -2.30. The second-order valence-corrected chi connectivity index (χ2v) is 5.14. The number of carbonyl (C=O) groups excluding carboxylic acids is 1. The van der Waals surface area contributed by atoms with E-state index in [1.54, 1.807) is 12.1 Å². The van der Waals surface area contributed by atoms with Gasteiger partial charge in [0.05, 0.1) is 12.7 Å². The Labute approximate surface area is 124 Å². The first kappa shape index (κ1) is 15.7. The molecule has 1 aliphatic heterocycles. The number of morpholine rings is 1. The monoisotopic (exact) mass is 296 g/mol. The molecular formula is C15H21FN2O3. The van der Waals surface area contributed by atoms with Crippen LogP contribution in [0.2, 0.25) is 0 Å². The van der Waals surface area contributed by atoms with Crippen molar-refractivity contribution in [2.24, 2.45) is 0 Å². The Morgan fingerprint density at radius 3 is 3.19 bits per heavy atom. The van der Waals surface area contributed by atoms with Crippen molar-refractivity contribution in [2.45, 2.75) is 12.5 Å². The Morgan fingerprint density at radius 1 is 1.57 bits per heavy atom. The van der Waals surface area contributed by atoms with Gasteiger partial charge in [0.2, 0.25) is 0 Å². The maximum atomic E-state index is 12.9. The number of likely N-dealkylation sites (N-methyl/N-ethyl adjacent to an activating group) is 1. The molecule has 5 nitrogen and oxygen atoms in total. The summed E-state index contributed by atoms with van der Waals surface area (Å²) in [6, 6.07) is 5.73. The zero-order chi connectivity index (χ0) is 15.1. The molecule has 1 heterocycles. The van der Waals surface area contributed by atoms with Gasteiger partial charge in [0, 0.05) is 25.7 Å². The molecule has 1 aliphatic rings. The van der Waals surface area contributed by atoms with Crippen molar-refractivity contribution in [3.8, 4) is 5.75 Å². The van der Waals surface area contributed by atoms with E-state index >= 15 is 0 Å². The Hall–Kier alpha value is -1.66. The van der Waals surface area contributed by atoms with Gasteiger partial charge in [0.15, 0.2) is 6.61 Å². The minimum absolute atomic E-state index is 0.116. The third kappa shape index (κ3) is 5.69. The number of hydrogen-bond acceptors (Lipinski definition) is 4. The van der Waals surface area contributed by atoms with Gasteiger partial charge in [0.1, 0.15) is 11.6 Å². The van der Waals surface area contributed by atoms with Crippen LogP contribution < -0.4 is 10.1 Å². The second-order valence-electron chi connectivity index (χ2n) is 5.14. The Bertz CT molecular complexity index is 470. The lowest BCUT2D eigenvalue weighted by atomic mass is 10.2. The lowest BCUT2D eigenvalue weighted by Crippen LogP contribution is -2.42. The van der Waals surface area contributed by atoms with E-state index in [9.17, 15) is 9.18 Å². The summed E-state index contributed by atoms with van der Waals surface area (Å²) in [6.07, 6.45) is 0.934. The number of halogens is 1. The first-order chi connectivity index (χ1) is 10.1. The fourth-order valence-corrected chi connectivity index (χ4v) is 2.17. The average Bonchev–Trinajstić information content (AvgIpc) is 2.45. The zero-order valence-corrected chi connectivity index (χ0v) is 12.2. The third-order valence-electron chi connectivity index (χ3n) is 3.30. The van der Waals surface area contributed by atoms with Gasteiger partial charge in [-0.25, -0.2) is 4.39 Å². The summed E-state index contributed by atoms with van der Waals surface area (Å²) in [5, 5.41) is 2.77. The van der Waals surface area contributed by atoms with E-state index in [1.165, 1.54) is 12.1 Å². The highest BCUT2D eigenvalue weighted by Crippen LogP contribution is 2.11. The summed E-state index contributed by atoms with van der Waals surface area (Å²) in [4.78, 5) is 13.8. The first-order valence-corrected chi connectivity index (χ1v) is 7.08. The Kier molecular flexibility index (Phi) is 5.95. The van der Waals surface area contributed by atoms with Crippen molar-refractivity contribution >= 4 is 5.91 Å². The molecule has 0 spiro atoms. The predicted molar refractivity (Wildman–Crippen MR) is 76.8 cm³/mol. The topological polar surface area (TPSA) is 50.8 Å². The summed E-state index contributed by atoms with van der Waals surface area (Å²) < 4.78 is 23.8. The van der Waals surface area contributed by atoms with Crippen LogP contribution in [0, 0.1) is 5.82 Å². The minimum Gasteiger partial charge on any atom is -0.484 e. The summed E-state index contributed by atoms with van der Waals surface area (Å²) in [5.41, 5.74) is 0. The molecule has 1 aromatic carbocycles. The smallest absolute Gasteiger partial charge is 0.257 e. The predicted octanol–water partition coefficient (Wildman–Crippen LogP) is 1.04. The molecule has 0 radical (unpaired) electrons. The number of ether oxygens (including phenoxy) is 2. The van der Waals surface area contributed by atoms with Gasteiger partial charge in [-0.2, -0.15) is 0 Å². The molecule has 0 aromatic heterocycles. The maximum Gasteiger partial charge on any atom is 0.257 e. The number of amides is 1. The van der Waals surface area contributed by atoms with Gasteiger partial charge in [0.25, 0.3) is 5.91 Å². The van der Waals surface area contributed by atoms with Gasteiger partial charge in [-0.15, -0.1) is 0 Å². The van der Waals surface area contributed by atoms with Crippen LogP contribution in [-0.4, -0.2) is 56.8 Å². The molecule has 1 fully saturated rings. The maximum absolute atomic E-state index is 12.9. The molecule has 1 amide bonds. The molecule has 0 saturated carbocycles. The van der Waals surface area contributed by atoms with Gasteiger partial charge in [-0.05, 0) is 25.6 Å². The molecule has 1 atom stereocenters. The number of nitrogens with one attached hydrogen (secondary N) is 1. The molecule has 1 aromatic rings. The van der Waals surface area contributed by atoms with E-state index < -0.39 is 0 Å². The SMILES string of the molecule is CN1CCOC(CCNC(=O)COc2cccc(F)c2)C1. The minimum atomic E-state index is -0.383. The number of rotatable bonds is 6. The van der Waals surface area contributed by atoms with Crippen molar-refractivity contribution in [1.29, 1.82) is 0 Å². The highest BCUT2D eigenvalue weighted by molar-refractivity contribution is 5.77. The highest BCUT2D eigenvalue weighted by atomic mass is 19.1. The molecule has 1 unspecified atom stereocenters. The summed E-state index contributed by atoms with van der Waals surface area (Å²) in [7, 11) is 2.06. The molecule has 0 aliphatic carbocycles. The third-order valence-corrected chi connectivity index (χ3v) is 3.30. The summed E-state index contributed by atoms with van der Waals surface area (Å²) in [6.45, 7) is 3.00. The van der Waals surface area contributed by atoms with Crippen molar-refractivity contribution in [2.75, 3.05) is 39.9 Å². The molecular weight excluding hydrogens is 275 g/mol. The van der Waals surface area contributed by atoms with Gasteiger partial charge < -0.3 is 19.7 Å². The standard InChI is InChI=1S/C15H21FN2O3/c1-18-7-8-20-14(10-18)5-6-17-15(19)11-21-13-4-2-3-12(16)9-13/h2-4,9,14H,5-8,10-11H2,1H3,(H,17,19). The second kappa shape index (κ2) is 7.95. The molecule has 2 rings (SSSR count). The van der Waals surface area contributed by atoms with E-state index in [2.05, 4.69) is 17.3 Å². The van der Waals surface area contributed by atoms with Crippen LogP contribution in [0.25, 0.3) is 0 Å². The fraction of sp³-hybridized carbons (Fsp3) is 0.533. The Balaban J connectivity index is 1.61. The summed E-state index contributed by atoms with van der Waals surface area (Å²) in [5.74, 6) is -0.253. The quantitative estimate of drug-likeness (QED) is 0.852. The van der Waals surface area contributed by atoms with E-state index in [1.807, 2.05) is 0 Å². The zero-order valence-electron chi connectivity index (χ0n) is 12.2. The number of carbonyl (C=O) groups is 1. The van der Waals surface area contributed by atoms with Crippen LogP contribution in [0.1, 0.15) is 6.42 Å². The van der Waals surface area contributed by atoms with Crippen LogP contribution in [0.4, 0.5) is 4.39 Å². The molecule has 116 valence electrons. The molecule has 0 bridgehead atoms. The molecule has 1 saturated heterocycles. The van der Waals surface area contributed by atoms with E-state index in [-0.39, 0.29) is 24.4 Å². The van der Waals surface area contributed by atoms with Crippen LogP contribution in [-0.2, 0) is 9.53 Å². The molecule has 1 N–H and O–H groups in total. The number of nitrogens with zero attached hydrogens (tertiary/aromatic N) is 1. The Morgan fingerprint density at radius 2 is 2.43 bits per heavy atom. The van der Waals surface area contributed by atoms with Crippen molar-refractivity contribution in [1.82, 2.24) is 10.2 Å². The van der Waals surface area contributed by atoms with E-state index in [0.29, 0.717) is 12.3 Å². The van der Waals surface area contributed by atoms with E-state index in [4.69, 9.17) is 9.47 Å². The van der Waals surface area contributed by atoms with Crippen LogP contribution >= 0.6 is 0 Å². The normalized spacial score (nSPS) is 19.2. The fourth-order valence-electron chi connectivity index (χ4n) is 2.17. The van der Waals surface area contributed by atoms with Crippen LogP contribution in [0.15, 0.2) is 24.3 Å². The molecule has 6 heteroatoms. The molecule has 21 heavy (non-hydrogen) atoms. The largest absolute Gasteiger partial charge is 0.484 e. The first-order valence-electron chi connectivity index (χ1n) is 7.08. The van der Waals surface area contributed by atoms with E-state index in [0.717, 1.165) is 26.1 Å². The lowest BCUT2D eigenvalue weighted by molar-refractivity contribution is -0.123. The number of hydrogen-bond donors (Lipinski definition) is 1. The van der Waals surface area contributed by atoms with Crippen molar-refractivity contribution in [3.63, 3.8) is 0 Å². The summed E-state index contributed by atoms with van der Waals surface area (Å²) >= 11 is 0. The van der Waals surface area contributed by atoms with Gasteiger partial charge in [-0.3, -0.25) is 4.79 Å². The number of benzene rings is 1.